The lowest BCUT2D eigenvalue weighted by atomic mass is 9.88. The highest BCUT2D eigenvalue weighted by molar-refractivity contribution is 6.29. The fourth-order valence-electron chi connectivity index (χ4n) is 2.21. The van der Waals surface area contributed by atoms with E-state index >= 15 is 0 Å². The molecular formula is C15H13N3O3. The van der Waals surface area contributed by atoms with Crippen LogP contribution in [0.2, 0.25) is 0 Å². The van der Waals surface area contributed by atoms with Gasteiger partial charge in [-0.05, 0) is 38.1 Å². The Bertz CT molecular complexity index is 783. The molecule has 0 radical (unpaired) electrons. The molecule has 1 aliphatic heterocycles. The first kappa shape index (κ1) is 13.2. The molecule has 1 fully saturated rings. The summed E-state index contributed by atoms with van der Waals surface area (Å²) in [6.07, 6.45) is 1.67. The van der Waals surface area contributed by atoms with Crippen LogP contribution in [0.15, 0.2) is 36.5 Å². The number of pyridine rings is 1. The number of benzene rings is 1. The number of amides is 4. The number of urea groups is 1. The first-order chi connectivity index (χ1) is 9.91. The van der Waals surface area contributed by atoms with Crippen LogP contribution in [-0.2, 0) is 9.59 Å². The Kier molecular flexibility index (Phi) is 2.76. The summed E-state index contributed by atoms with van der Waals surface area (Å²) >= 11 is 0. The Morgan fingerprint density at radius 1 is 1.14 bits per heavy atom. The van der Waals surface area contributed by atoms with Gasteiger partial charge >= 0.3 is 6.03 Å². The number of hydrogen-bond donors (Lipinski definition) is 1. The summed E-state index contributed by atoms with van der Waals surface area (Å²) in [5.41, 5.74) is -0.0994. The second-order valence-electron chi connectivity index (χ2n) is 5.41. The number of anilines is 1. The third-order valence-electron chi connectivity index (χ3n) is 3.57. The van der Waals surface area contributed by atoms with Crippen LogP contribution < -0.4 is 10.2 Å². The van der Waals surface area contributed by atoms with Gasteiger partial charge in [0.05, 0.1) is 11.2 Å². The van der Waals surface area contributed by atoms with Gasteiger partial charge in [0.15, 0.2) is 0 Å². The van der Waals surface area contributed by atoms with E-state index in [2.05, 4.69) is 10.3 Å². The number of hydrogen-bond acceptors (Lipinski definition) is 4. The van der Waals surface area contributed by atoms with Crippen molar-refractivity contribution in [3.05, 3.63) is 36.5 Å². The first-order valence-corrected chi connectivity index (χ1v) is 6.46. The van der Waals surface area contributed by atoms with Gasteiger partial charge in [-0.15, -0.1) is 0 Å². The molecule has 0 spiro atoms. The molecule has 106 valence electrons. The molecule has 2 aromatic rings. The molecule has 3 rings (SSSR count). The van der Waals surface area contributed by atoms with Crippen LogP contribution in [-0.4, -0.2) is 22.8 Å². The number of imide groups is 2. The largest absolute Gasteiger partial charge is 0.335 e. The van der Waals surface area contributed by atoms with Gasteiger partial charge in [-0.3, -0.25) is 19.9 Å². The van der Waals surface area contributed by atoms with Crippen LogP contribution in [0.1, 0.15) is 13.8 Å². The Balaban J connectivity index is 2.10. The lowest BCUT2D eigenvalue weighted by Gasteiger charge is -2.34. The zero-order valence-corrected chi connectivity index (χ0v) is 11.6. The molecule has 1 saturated heterocycles. The lowest BCUT2D eigenvalue weighted by Crippen LogP contribution is -2.62. The summed E-state index contributed by atoms with van der Waals surface area (Å²) < 4.78 is 0. The SMILES string of the molecule is CC1(C)C(=O)NC(=O)N(c2ccc3ncccc3c2)C1=O. The van der Waals surface area contributed by atoms with E-state index in [1.807, 2.05) is 6.07 Å². The van der Waals surface area contributed by atoms with Crippen molar-refractivity contribution in [1.82, 2.24) is 10.3 Å². The number of barbiturate groups is 1. The molecule has 0 atom stereocenters. The van der Waals surface area contributed by atoms with E-state index in [0.29, 0.717) is 5.69 Å². The number of nitrogens with zero attached hydrogens (tertiary/aromatic N) is 2. The summed E-state index contributed by atoms with van der Waals surface area (Å²) in [6.45, 7) is 2.99. The molecule has 1 aromatic carbocycles. The Labute approximate surface area is 120 Å². The first-order valence-electron chi connectivity index (χ1n) is 6.46. The van der Waals surface area contributed by atoms with Gasteiger partial charge in [-0.2, -0.15) is 0 Å². The zero-order valence-electron chi connectivity index (χ0n) is 11.6. The average molecular weight is 283 g/mol. The maximum absolute atomic E-state index is 12.4. The summed E-state index contributed by atoms with van der Waals surface area (Å²) in [7, 11) is 0. The molecule has 0 unspecified atom stereocenters. The quantitative estimate of drug-likeness (QED) is 0.810. The molecule has 21 heavy (non-hydrogen) atoms. The maximum Gasteiger partial charge on any atom is 0.335 e. The zero-order chi connectivity index (χ0) is 15.2. The number of carbonyl (C=O) groups is 3. The number of nitrogens with one attached hydrogen (secondary N) is 1. The van der Waals surface area contributed by atoms with Gasteiger partial charge in [0, 0.05) is 11.6 Å². The van der Waals surface area contributed by atoms with E-state index in [1.54, 1.807) is 30.5 Å². The van der Waals surface area contributed by atoms with Gasteiger partial charge < -0.3 is 0 Å². The van der Waals surface area contributed by atoms with Crippen molar-refractivity contribution in [2.45, 2.75) is 13.8 Å². The fourth-order valence-corrected chi connectivity index (χ4v) is 2.21. The van der Waals surface area contributed by atoms with Crippen LogP contribution in [0.3, 0.4) is 0 Å². The molecule has 1 aromatic heterocycles. The molecule has 1 aliphatic rings. The van der Waals surface area contributed by atoms with Crippen LogP contribution in [0, 0.1) is 5.41 Å². The standard InChI is InChI=1S/C15H13N3O3/c1-15(2)12(19)17-14(21)18(13(15)20)10-5-6-11-9(8-10)4-3-7-16-11/h3-8H,1-2H3,(H,17,19,21). The Morgan fingerprint density at radius 2 is 1.90 bits per heavy atom. The minimum Gasteiger partial charge on any atom is -0.276 e. The summed E-state index contributed by atoms with van der Waals surface area (Å²) in [6, 6.07) is 7.96. The molecule has 4 amide bonds. The van der Waals surface area contributed by atoms with Crippen molar-refractivity contribution in [2.75, 3.05) is 4.90 Å². The normalized spacial score (nSPS) is 18.0. The van der Waals surface area contributed by atoms with E-state index in [4.69, 9.17) is 0 Å². The molecular weight excluding hydrogens is 270 g/mol. The van der Waals surface area contributed by atoms with Gasteiger partial charge in [-0.1, -0.05) is 6.07 Å². The highest BCUT2D eigenvalue weighted by atomic mass is 16.2. The highest BCUT2D eigenvalue weighted by Gasteiger charge is 2.47. The Hall–Kier alpha value is -2.76. The Morgan fingerprint density at radius 3 is 2.67 bits per heavy atom. The van der Waals surface area contributed by atoms with Gasteiger partial charge in [-0.25, -0.2) is 9.69 Å². The van der Waals surface area contributed by atoms with Crippen molar-refractivity contribution >= 4 is 34.4 Å². The van der Waals surface area contributed by atoms with Crippen molar-refractivity contribution in [2.24, 2.45) is 5.41 Å². The van der Waals surface area contributed by atoms with Crippen LogP contribution in [0.5, 0.6) is 0 Å². The highest BCUT2D eigenvalue weighted by Crippen LogP contribution is 2.29. The average Bonchev–Trinajstić information content (AvgIpc) is 2.45. The second kappa shape index (κ2) is 4.37. The number of carbonyl (C=O) groups excluding carboxylic acids is 3. The molecule has 1 N–H and O–H groups in total. The third-order valence-corrected chi connectivity index (χ3v) is 3.57. The van der Waals surface area contributed by atoms with Gasteiger partial charge in [0.25, 0.3) is 0 Å². The van der Waals surface area contributed by atoms with E-state index in [1.165, 1.54) is 13.8 Å². The van der Waals surface area contributed by atoms with E-state index in [9.17, 15) is 14.4 Å². The summed E-state index contributed by atoms with van der Waals surface area (Å²) in [5.74, 6) is -1.13. The van der Waals surface area contributed by atoms with Crippen LogP contribution in [0.4, 0.5) is 10.5 Å². The smallest absolute Gasteiger partial charge is 0.276 e. The summed E-state index contributed by atoms with van der Waals surface area (Å²) in [5, 5.41) is 3.02. The predicted octanol–water partition coefficient (Wildman–Crippen LogP) is 1.84. The maximum atomic E-state index is 12.4. The topological polar surface area (TPSA) is 79.4 Å². The van der Waals surface area contributed by atoms with E-state index in [0.717, 1.165) is 15.8 Å². The van der Waals surface area contributed by atoms with Gasteiger partial charge in [0.1, 0.15) is 5.41 Å². The van der Waals surface area contributed by atoms with Crippen molar-refractivity contribution < 1.29 is 14.4 Å². The predicted molar refractivity (Wildman–Crippen MR) is 76.5 cm³/mol. The molecule has 2 heterocycles. The van der Waals surface area contributed by atoms with Crippen LogP contribution >= 0.6 is 0 Å². The molecule has 6 nitrogen and oxygen atoms in total. The van der Waals surface area contributed by atoms with E-state index < -0.39 is 23.3 Å². The van der Waals surface area contributed by atoms with E-state index in [-0.39, 0.29) is 0 Å². The minimum absolute atomic E-state index is 0.415. The summed E-state index contributed by atoms with van der Waals surface area (Å²) in [4.78, 5) is 41.3. The molecule has 0 bridgehead atoms. The minimum atomic E-state index is -1.28. The monoisotopic (exact) mass is 283 g/mol. The fraction of sp³-hybridized carbons (Fsp3) is 0.200. The number of aromatic nitrogens is 1. The van der Waals surface area contributed by atoms with Crippen molar-refractivity contribution in [3.8, 4) is 0 Å². The molecule has 6 heteroatoms. The second-order valence-corrected chi connectivity index (χ2v) is 5.41. The number of fused-ring (bicyclic) bond motifs is 1. The van der Waals surface area contributed by atoms with Crippen LogP contribution in [0.25, 0.3) is 10.9 Å². The third kappa shape index (κ3) is 1.96. The van der Waals surface area contributed by atoms with Crippen molar-refractivity contribution in [3.63, 3.8) is 0 Å². The molecule has 0 aliphatic carbocycles. The van der Waals surface area contributed by atoms with Gasteiger partial charge in [0.2, 0.25) is 11.8 Å². The lowest BCUT2D eigenvalue weighted by molar-refractivity contribution is -0.140. The molecule has 0 saturated carbocycles. The number of rotatable bonds is 1. The van der Waals surface area contributed by atoms with Crippen molar-refractivity contribution in [1.29, 1.82) is 0 Å².